The zero-order valence-electron chi connectivity index (χ0n) is 11.7. The second-order valence-corrected chi connectivity index (χ2v) is 6.00. The first-order valence-electron chi connectivity index (χ1n) is 6.71. The van der Waals surface area contributed by atoms with Gasteiger partial charge in [-0.2, -0.15) is 5.26 Å². The largest absolute Gasteiger partial charge is 0.457 e. The van der Waals surface area contributed by atoms with Crippen molar-refractivity contribution < 1.29 is 22.3 Å². The molecule has 0 aliphatic heterocycles. The van der Waals surface area contributed by atoms with Gasteiger partial charge in [-0.1, -0.05) is 0 Å². The number of hydrogen-bond acceptors (Lipinski definition) is 5. The molecule has 0 fully saturated rings. The summed E-state index contributed by atoms with van der Waals surface area (Å²) in [6.45, 7) is 0. The molecule has 0 saturated carbocycles. The van der Waals surface area contributed by atoms with E-state index in [-0.39, 0.29) is 34.0 Å². The number of ether oxygens (including phenoxy) is 1. The van der Waals surface area contributed by atoms with E-state index >= 15 is 0 Å². The molecule has 0 N–H and O–H groups in total. The quantitative estimate of drug-likeness (QED) is 0.874. The van der Waals surface area contributed by atoms with Crippen LogP contribution in [-0.4, -0.2) is 14.2 Å². The average Bonchev–Trinajstić information content (AvgIpc) is 2.89. The third-order valence-electron chi connectivity index (χ3n) is 3.55. The van der Waals surface area contributed by atoms with E-state index in [1.807, 2.05) is 6.07 Å². The summed E-state index contributed by atoms with van der Waals surface area (Å²) >= 11 is 0. The maximum absolute atomic E-state index is 13.5. The fraction of sp³-hybridized carbons (Fsp3) is 0.125. The van der Waals surface area contributed by atoms with Gasteiger partial charge in [-0.25, -0.2) is 12.8 Å². The number of halogens is 1. The Morgan fingerprint density at radius 1 is 1.17 bits per heavy atom. The van der Waals surface area contributed by atoms with E-state index in [1.165, 1.54) is 18.2 Å². The predicted octanol–water partition coefficient (Wildman–Crippen LogP) is 2.59. The SMILES string of the molecule is N#Cc1cc(F)cc(Oc2ccc([SH](=O)=O)c3c2CCC3=O)c1. The number of rotatable bonds is 3. The van der Waals surface area contributed by atoms with E-state index in [0.29, 0.717) is 17.7 Å². The maximum atomic E-state index is 13.5. The van der Waals surface area contributed by atoms with Crippen molar-refractivity contribution in [3.8, 4) is 17.6 Å². The molecule has 0 aromatic heterocycles. The van der Waals surface area contributed by atoms with Gasteiger partial charge in [0.05, 0.1) is 16.5 Å². The lowest BCUT2D eigenvalue weighted by atomic mass is 10.1. The molecule has 1 aliphatic rings. The van der Waals surface area contributed by atoms with Gasteiger partial charge in [0.2, 0.25) is 0 Å². The van der Waals surface area contributed by atoms with E-state index in [2.05, 4.69) is 0 Å². The average molecular weight is 331 g/mol. The number of nitrogens with zero attached hydrogens (tertiary/aromatic N) is 1. The lowest BCUT2D eigenvalue weighted by Crippen LogP contribution is -2.00. The second-order valence-electron chi connectivity index (χ2n) is 5.01. The lowest BCUT2D eigenvalue weighted by molar-refractivity contribution is 0.0992. The van der Waals surface area contributed by atoms with E-state index in [9.17, 15) is 17.6 Å². The summed E-state index contributed by atoms with van der Waals surface area (Å²) < 4.78 is 41.6. The van der Waals surface area contributed by atoms with Crippen LogP contribution in [0.15, 0.2) is 35.2 Å². The molecule has 23 heavy (non-hydrogen) atoms. The third kappa shape index (κ3) is 2.81. The predicted molar refractivity (Wildman–Crippen MR) is 78.9 cm³/mol. The van der Waals surface area contributed by atoms with Gasteiger partial charge in [-0.3, -0.25) is 4.79 Å². The minimum atomic E-state index is -2.89. The number of Topliss-reactive ketones (excluding diaryl/α,β-unsaturated/α-hetero) is 1. The van der Waals surface area contributed by atoms with Gasteiger partial charge in [0.1, 0.15) is 17.3 Å². The normalized spacial score (nSPS) is 13.0. The summed E-state index contributed by atoms with van der Waals surface area (Å²) in [6, 6.07) is 8.12. The summed E-state index contributed by atoms with van der Waals surface area (Å²) in [7, 11) is -2.89. The Bertz CT molecular complexity index is 936. The molecule has 0 radical (unpaired) electrons. The monoisotopic (exact) mass is 331 g/mol. The number of hydrogen-bond donors (Lipinski definition) is 1. The molecule has 3 rings (SSSR count). The highest BCUT2D eigenvalue weighted by molar-refractivity contribution is 7.72. The molecule has 7 heteroatoms. The van der Waals surface area contributed by atoms with Crippen molar-refractivity contribution in [2.24, 2.45) is 0 Å². The third-order valence-corrected chi connectivity index (χ3v) is 4.32. The van der Waals surface area contributed by atoms with Gasteiger partial charge >= 0.3 is 0 Å². The van der Waals surface area contributed by atoms with E-state index in [1.54, 1.807) is 0 Å². The fourth-order valence-corrected chi connectivity index (χ4v) is 3.24. The Hall–Kier alpha value is -2.72. The second kappa shape index (κ2) is 5.82. The van der Waals surface area contributed by atoms with Gasteiger partial charge in [0.25, 0.3) is 0 Å². The van der Waals surface area contributed by atoms with Crippen LogP contribution in [0.3, 0.4) is 0 Å². The van der Waals surface area contributed by atoms with Crippen molar-refractivity contribution in [3.63, 3.8) is 0 Å². The Labute approximate surface area is 132 Å². The molecule has 0 saturated heterocycles. The fourth-order valence-electron chi connectivity index (χ4n) is 2.60. The number of thiol groups is 1. The van der Waals surface area contributed by atoms with Crippen LogP contribution in [0.4, 0.5) is 4.39 Å². The van der Waals surface area contributed by atoms with Crippen LogP contribution in [0.2, 0.25) is 0 Å². The van der Waals surface area contributed by atoms with Crippen LogP contribution in [0, 0.1) is 17.1 Å². The maximum Gasteiger partial charge on any atom is 0.169 e. The highest BCUT2D eigenvalue weighted by Gasteiger charge is 2.27. The molecular weight excluding hydrogens is 321 g/mol. The Morgan fingerprint density at radius 3 is 2.65 bits per heavy atom. The molecule has 0 amide bonds. The molecule has 2 aromatic carbocycles. The molecule has 0 atom stereocenters. The number of ketones is 1. The highest BCUT2D eigenvalue weighted by atomic mass is 32.2. The minimum Gasteiger partial charge on any atom is -0.457 e. The van der Waals surface area contributed by atoms with Crippen molar-refractivity contribution in [1.29, 1.82) is 5.26 Å². The smallest absolute Gasteiger partial charge is 0.169 e. The van der Waals surface area contributed by atoms with E-state index < -0.39 is 16.5 Å². The lowest BCUT2D eigenvalue weighted by Gasteiger charge is -2.11. The first-order valence-corrected chi connectivity index (χ1v) is 7.89. The summed E-state index contributed by atoms with van der Waals surface area (Å²) in [5, 5.41) is 8.86. The van der Waals surface area contributed by atoms with Gasteiger partial charge in [0, 0.05) is 23.6 Å². The molecular formula is C16H10FNO4S. The highest BCUT2D eigenvalue weighted by Crippen LogP contribution is 2.36. The Balaban J connectivity index is 2.08. The van der Waals surface area contributed by atoms with Crippen LogP contribution in [0.1, 0.15) is 27.9 Å². The number of fused-ring (bicyclic) bond motifs is 1. The first-order chi connectivity index (χ1) is 11.0. The van der Waals surface area contributed by atoms with Crippen LogP contribution in [-0.2, 0) is 17.1 Å². The molecule has 2 aromatic rings. The number of nitriles is 1. The molecule has 0 spiro atoms. The molecule has 0 heterocycles. The van der Waals surface area contributed by atoms with Gasteiger partial charge in [-0.15, -0.1) is 0 Å². The molecule has 116 valence electrons. The Kier molecular flexibility index (Phi) is 3.84. The molecule has 5 nitrogen and oxygen atoms in total. The molecule has 0 unspecified atom stereocenters. The van der Waals surface area contributed by atoms with Gasteiger partial charge < -0.3 is 4.74 Å². The summed E-state index contributed by atoms with van der Waals surface area (Å²) in [4.78, 5) is 11.9. The zero-order valence-corrected chi connectivity index (χ0v) is 12.6. The van der Waals surface area contributed by atoms with E-state index in [0.717, 1.165) is 12.1 Å². The minimum absolute atomic E-state index is 0.0261. The number of benzene rings is 2. The molecule has 1 aliphatic carbocycles. The topological polar surface area (TPSA) is 84.2 Å². The molecule has 0 bridgehead atoms. The van der Waals surface area contributed by atoms with Crippen molar-refractivity contribution in [3.05, 3.63) is 52.8 Å². The van der Waals surface area contributed by atoms with E-state index in [4.69, 9.17) is 10.00 Å². The zero-order chi connectivity index (χ0) is 16.6. The Morgan fingerprint density at radius 2 is 1.96 bits per heavy atom. The van der Waals surface area contributed by atoms with Crippen molar-refractivity contribution in [2.45, 2.75) is 17.7 Å². The summed E-state index contributed by atoms with van der Waals surface area (Å²) in [5.74, 6) is -0.467. The van der Waals surface area contributed by atoms with Gasteiger partial charge in [0.15, 0.2) is 16.5 Å². The first kappa shape index (κ1) is 15.2. The van der Waals surface area contributed by atoms with Crippen molar-refractivity contribution in [2.75, 3.05) is 0 Å². The standard InChI is InChI=1S/C16H10FNO4S/c17-10-5-9(8-18)6-11(7-10)22-14-3-4-15(23(20)21)16-12(14)1-2-13(16)19/h3-7,23H,1-2H2. The van der Waals surface area contributed by atoms with Crippen molar-refractivity contribution in [1.82, 2.24) is 0 Å². The van der Waals surface area contributed by atoms with Crippen LogP contribution in [0.5, 0.6) is 11.5 Å². The van der Waals surface area contributed by atoms with Crippen LogP contribution >= 0.6 is 0 Å². The summed E-state index contributed by atoms with van der Waals surface area (Å²) in [6.07, 6.45) is 0.569. The summed E-state index contributed by atoms with van der Waals surface area (Å²) in [5.41, 5.74) is 0.747. The van der Waals surface area contributed by atoms with Crippen molar-refractivity contribution >= 4 is 16.5 Å². The number of carbonyl (C=O) groups is 1. The van der Waals surface area contributed by atoms with Crippen LogP contribution in [0.25, 0.3) is 0 Å². The van der Waals surface area contributed by atoms with Gasteiger partial charge in [-0.05, 0) is 30.7 Å². The van der Waals surface area contributed by atoms with Crippen LogP contribution < -0.4 is 4.74 Å². The number of carbonyl (C=O) groups excluding carboxylic acids is 1.